The third kappa shape index (κ3) is 5.30. The van der Waals surface area contributed by atoms with Gasteiger partial charge in [0.25, 0.3) is 0 Å². The maximum absolute atomic E-state index is 12.3. The highest BCUT2D eigenvalue weighted by Crippen LogP contribution is 2.23. The SMILES string of the molecule is O=C(CCC1CCNCC1)NCCCC(=O)N1Cc2ccccc2C1. The van der Waals surface area contributed by atoms with E-state index in [4.69, 9.17) is 0 Å². The third-order valence-corrected chi connectivity index (χ3v) is 5.32. The van der Waals surface area contributed by atoms with E-state index < -0.39 is 0 Å². The van der Waals surface area contributed by atoms with Crippen LogP contribution in [0.25, 0.3) is 0 Å². The molecule has 0 spiro atoms. The number of amides is 2. The molecule has 2 amide bonds. The number of hydrogen-bond donors (Lipinski definition) is 2. The van der Waals surface area contributed by atoms with E-state index in [1.165, 1.54) is 24.0 Å². The Morgan fingerprint density at radius 2 is 1.76 bits per heavy atom. The topological polar surface area (TPSA) is 61.4 Å². The minimum atomic E-state index is 0.125. The number of hydrogen-bond acceptors (Lipinski definition) is 3. The zero-order valence-electron chi connectivity index (χ0n) is 14.9. The normalized spacial score (nSPS) is 17.4. The summed E-state index contributed by atoms with van der Waals surface area (Å²) in [4.78, 5) is 26.1. The van der Waals surface area contributed by atoms with Crippen LogP contribution in [0.5, 0.6) is 0 Å². The molecule has 2 aliphatic heterocycles. The van der Waals surface area contributed by atoms with Crippen LogP contribution in [-0.4, -0.2) is 36.3 Å². The summed E-state index contributed by atoms with van der Waals surface area (Å²) < 4.78 is 0. The molecule has 3 rings (SSSR count). The minimum absolute atomic E-state index is 0.125. The van der Waals surface area contributed by atoms with Crippen molar-refractivity contribution in [3.05, 3.63) is 35.4 Å². The summed E-state index contributed by atoms with van der Waals surface area (Å²) in [5, 5.41) is 6.31. The van der Waals surface area contributed by atoms with Crippen molar-refractivity contribution in [2.24, 2.45) is 5.92 Å². The molecule has 25 heavy (non-hydrogen) atoms. The van der Waals surface area contributed by atoms with Crippen LogP contribution in [0.2, 0.25) is 0 Å². The van der Waals surface area contributed by atoms with Crippen molar-refractivity contribution in [2.75, 3.05) is 19.6 Å². The fourth-order valence-electron chi connectivity index (χ4n) is 3.73. The van der Waals surface area contributed by atoms with E-state index >= 15 is 0 Å². The fourth-order valence-corrected chi connectivity index (χ4v) is 3.73. The van der Waals surface area contributed by atoms with Crippen LogP contribution >= 0.6 is 0 Å². The van der Waals surface area contributed by atoms with Crippen LogP contribution in [0.4, 0.5) is 0 Å². The summed E-state index contributed by atoms with van der Waals surface area (Å²) >= 11 is 0. The second kappa shape index (κ2) is 8.99. The van der Waals surface area contributed by atoms with Crippen molar-refractivity contribution >= 4 is 11.8 Å². The molecule has 136 valence electrons. The monoisotopic (exact) mass is 343 g/mol. The quantitative estimate of drug-likeness (QED) is 0.746. The van der Waals surface area contributed by atoms with E-state index in [2.05, 4.69) is 22.8 Å². The summed E-state index contributed by atoms with van der Waals surface area (Å²) in [6.07, 6.45) is 5.17. The van der Waals surface area contributed by atoms with Gasteiger partial charge in [0.15, 0.2) is 0 Å². The van der Waals surface area contributed by atoms with Gasteiger partial charge >= 0.3 is 0 Å². The van der Waals surface area contributed by atoms with Crippen molar-refractivity contribution in [3.63, 3.8) is 0 Å². The molecule has 1 aromatic carbocycles. The minimum Gasteiger partial charge on any atom is -0.356 e. The second-order valence-electron chi connectivity index (χ2n) is 7.20. The smallest absolute Gasteiger partial charge is 0.223 e. The number of piperidine rings is 1. The van der Waals surface area contributed by atoms with Crippen LogP contribution < -0.4 is 10.6 Å². The molecule has 0 radical (unpaired) electrons. The summed E-state index contributed by atoms with van der Waals surface area (Å²) in [6.45, 7) is 4.19. The van der Waals surface area contributed by atoms with Crippen molar-refractivity contribution < 1.29 is 9.59 Å². The molecule has 1 aromatic rings. The molecule has 5 heteroatoms. The van der Waals surface area contributed by atoms with E-state index in [0.717, 1.165) is 32.6 Å². The maximum atomic E-state index is 12.3. The fraction of sp³-hybridized carbons (Fsp3) is 0.600. The van der Waals surface area contributed by atoms with Gasteiger partial charge in [0.05, 0.1) is 0 Å². The third-order valence-electron chi connectivity index (χ3n) is 5.32. The molecule has 2 heterocycles. The summed E-state index contributed by atoms with van der Waals surface area (Å²) in [5.41, 5.74) is 2.50. The Kier molecular flexibility index (Phi) is 6.45. The van der Waals surface area contributed by atoms with E-state index in [0.29, 0.717) is 31.7 Å². The Balaban J connectivity index is 1.27. The van der Waals surface area contributed by atoms with E-state index in [9.17, 15) is 9.59 Å². The number of nitrogens with one attached hydrogen (secondary N) is 2. The summed E-state index contributed by atoms with van der Waals surface area (Å²) in [5.74, 6) is 0.991. The number of carbonyl (C=O) groups is 2. The molecular weight excluding hydrogens is 314 g/mol. The van der Waals surface area contributed by atoms with Crippen molar-refractivity contribution in [1.82, 2.24) is 15.5 Å². The average molecular weight is 343 g/mol. The molecule has 0 aromatic heterocycles. The van der Waals surface area contributed by atoms with Gasteiger partial charge in [-0.05, 0) is 55.8 Å². The first-order chi connectivity index (χ1) is 12.2. The first-order valence-corrected chi connectivity index (χ1v) is 9.54. The number of fused-ring (bicyclic) bond motifs is 1. The molecule has 0 aliphatic carbocycles. The lowest BCUT2D eigenvalue weighted by Gasteiger charge is -2.22. The molecule has 0 unspecified atom stereocenters. The van der Waals surface area contributed by atoms with Gasteiger partial charge in [-0.3, -0.25) is 9.59 Å². The van der Waals surface area contributed by atoms with E-state index in [1.54, 1.807) is 0 Å². The lowest BCUT2D eigenvalue weighted by atomic mass is 9.93. The highest BCUT2D eigenvalue weighted by Gasteiger charge is 2.22. The zero-order valence-corrected chi connectivity index (χ0v) is 14.9. The predicted molar refractivity (Wildman–Crippen MR) is 97.8 cm³/mol. The molecule has 0 atom stereocenters. The average Bonchev–Trinajstić information content (AvgIpc) is 3.08. The molecule has 2 aliphatic rings. The number of carbonyl (C=O) groups excluding carboxylic acids is 2. The maximum Gasteiger partial charge on any atom is 0.223 e. The lowest BCUT2D eigenvalue weighted by molar-refractivity contribution is -0.132. The molecule has 1 fully saturated rings. The Bertz CT molecular complexity index is 571. The molecule has 1 saturated heterocycles. The van der Waals surface area contributed by atoms with E-state index in [1.807, 2.05) is 17.0 Å². The Labute approximate surface area is 150 Å². The predicted octanol–water partition coefficient (Wildman–Crippen LogP) is 2.20. The van der Waals surface area contributed by atoms with Gasteiger partial charge in [-0.2, -0.15) is 0 Å². The number of rotatable bonds is 7. The molecule has 5 nitrogen and oxygen atoms in total. The summed E-state index contributed by atoms with van der Waals surface area (Å²) in [6, 6.07) is 8.22. The van der Waals surface area contributed by atoms with Crippen molar-refractivity contribution in [1.29, 1.82) is 0 Å². The number of nitrogens with zero attached hydrogens (tertiary/aromatic N) is 1. The van der Waals surface area contributed by atoms with Gasteiger partial charge in [-0.25, -0.2) is 0 Å². The van der Waals surface area contributed by atoms with Gasteiger partial charge in [-0.1, -0.05) is 24.3 Å². The van der Waals surface area contributed by atoms with Crippen molar-refractivity contribution in [3.8, 4) is 0 Å². The van der Waals surface area contributed by atoms with Crippen LogP contribution in [0, 0.1) is 5.92 Å². The first-order valence-electron chi connectivity index (χ1n) is 9.54. The molecule has 0 saturated carbocycles. The summed E-state index contributed by atoms with van der Waals surface area (Å²) in [7, 11) is 0. The van der Waals surface area contributed by atoms with Crippen LogP contribution in [0.15, 0.2) is 24.3 Å². The second-order valence-corrected chi connectivity index (χ2v) is 7.20. The zero-order chi connectivity index (χ0) is 17.5. The molecular formula is C20H29N3O2. The van der Waals surface area contributed by atoms with E-state index in [-0.39, 0.29) is 11.8 Å². The van der Waals surface area contributed by atoms with Gasteiger partial charge in [0.2, 0.25) is 11.8 Å². The molecule has 2 N–H and O–H groups in total. The van der Waals surface area contributed by atoms with Crippen LogP contribution in [0.3, 0.4) is 0 Å². The Morgan fingerprint density at radius 1 is 1.08 bits per heavy atom. The van der Waals surface area contributed by atoms with Gasteiger partial charge in [0.1, 0.15) is 0 Å². The van der Waals surface area contributed by atoms with Gasteiger partial charge < -0.3 is 15.5 Å². The van der Waals surface area contributed by atoms with Gasteiger partial charge in [-0.15, -0.1) is 0 Å². The Hall–Kier alpha value is -1.88. The van der Waals surface area contributed by atoms with Crippen molar-refractivity contribution in [2.45, 2.75) is 51.6 Å². The number of benzene rings is 1. The van der Waals surface area contributed by atoms with Crippen LogP contribution in [-0.2, 0) is 22.7 Å². The highest BCUT2D eigenvalue weighted by atomic mass is 16.2. The largest absolute Gasteiger partial charge is 0.356 e. The molecule has 0 bridgehead atoms. The lowest BCUT2D eigenvalue weighted by Crippen LogP contribution is -2.30. The van der Waals surface area contributed by atoms with Crippen LogP contribution in [0.1, 0.15) is 49.7 Å². The Morgan fingerprint density at radius 3 is 2.44 bits per heavy atom. The standard InChI is InChI=1S/C20H29N3O2/c24-19(8-7-16-9-12-21-13-10-16)22-11-3-6-20(25)23-14-17-4-1-2-5-18(17)15-23/h1-2,4-5,16,21H,3,6-15H2,(H,22,24). The first kappa shape index (κ1) is 17.9. The highest BCUT2D eigenvalue weighted by molar-refractivity contribution is 5.77. The van der Waals surface area contributed by atoms with Gasteiger partial charge in [0, 0.05) is 32.5 Å².